The summed E-state index contributed by atoms with van der Waals surface area (Å²) in [5, 5.41) is 12.5. The molecule has 3 aliphatic rings. The van der Waals surface area contributed by atoms with Gasteiger partial charge in [-0.15, -0.1) is 0 Å². The standard InChI is InChI=1S/C23H25N7O/c31-23(29-18-4-1-3-15(12-18)20-5-2-6-24-20)30-19-13-16(21-25-7-8-26-21)11-17(14-19)22-27-9-10-28-22/h1,3-4,11-14H,2,5-10H2,(H,25,26)(H,27,28)(H2,29,30,31). The van der Waals surface area contributed by atoms with E-state index in [1.165, 1.54) is 0 Å². The molecule has 0 fully saturated rings. The smallest absolute Gasteiger partial charge is 0.323 e. The zero-order valence-corrected chi connectivity index (χ0v) is 17.2. The van der Waals surface area contributed by atoms with E-state index in [0.717, 1.165) is 85.3 Å². The largest absolute Gasteiger partial charge is 0.368 e. The number of amides is 2. The highest BCUT2D eigenvalue weighted by atomic mass is 16.2. The summed E-state index contributed by atoms with van der Waals surface area (Å²) < 4.78 is 0. The molecule has 158 valence electrons. The number of amidine groups is 2. The van der Waals surface area contributed by atoms with Gasteiger partial charge < -0.3 is 21.3 Å². The van der Waals surface area contributed by atoms with Gasteiger partial charge in [0.2, 0.25) is 0 Å². The monoisotopic (exact) mass is 415 g/mol. The van der Waals surface area contributed by atoms with E-state index in [2.05, 4.69) is 36.2 Å². The third-order valence-electron chi connectivity index (χ3n) is 5.41. The van der Waals surface area contributed by atoms with Crippen molar-refractivity contribution in [3.63, 3.8) is 0 Å². The van der Waals surface area contributed by atoms with Crippen molar-refractivity contribution in [3.05, 3.63) is 59.2 Å². The van der Waals surface area contributed by atoms with Gasteiger partial charge in [0.05, 0.1) is 13.1 Å². The van der Waals surface area contributed by atoms with Gasteiger partial charge >= 0.3 is 6.03 Å². The molecule has 4 N–H and O–H groups in total. The minimum atomic E-state index is -0.295. The fourth-order valence-corrected chi connectivity index (χ4v) is 4.00. The van der Waals surface area contributed by atoms with Crippen LogP contribution in [0.3, 0.4) is 0 Å². The van der Waals surface area contributed by atoms with Crippen LogP contribution in [0.25, 0.3) is 0 Å². The lowest BCUT2D eigenvalue weighted by atomic mass is 10.1. The maximum atomic E-state index is 12.7. The average Bonchev–Trinajstić information content (AvgIpc) is 3.57. The Morgan fingerprint density at radius 2 is 1.45 bits per heavy atom. The molecule has 0 atom stereocenters. The highest BCUT2D eigenvalue weighted by molar-refractivity contribution is 6.08. The second-order valence-electron chi connectivity index (χ2n) is 7.71. The molecule has 31 heavy (non-hydrogen) atoms. The number of hydrogen-bond acceptors (Lipinski definition) is 6. The zero-order valence-electron chi connectivity index (χ0n) is 17.2. The fraction of sp³-hybridized carbons (Fsp3) is 0.304. The van der Waals surface area contributed by atoms with Crippen LogP contribution in [-0.2, 0) is 0 Å². The first-order chi connectivity index (χ1) is 15.2. The summed E-state index contributed by atoms with van der Waals surface area (Å²) in [6, 6.07) is 13.4. The molecule has 0 bridgehead atoms. The highest BCUT2D eigenvalue weighted by Crippen LogP contribution is 2.20. The minimum absolute atomic E-state index is 0.295. The normalized spacial score (nSPS) is 17.4. The summed E-state index contributed by atoms with van der Waals surface area (Å²) in [5.74, 6) is 1.68. The predicted octanol–water partition coefficient (Wildman–Crippen LogP) is 2.61. The number of benzene rings is 2. The second kappa shape index (κ2) is 8.59. The van der Waals surface area contributed by atoms with Crippen molar-refractivity contribution >= 4 is 34.8 Å². The van der Waals surface area contributed by atoms with E-state index in [4.69, 9.17) is 0 Å². The van der Waals surface area contributed by atoms with Crippen LogP contribution in [-0.4, -0.2) is 56.1 Å². The minimum Gasteiger partial charge on any atom is -0.368 e. The molecule has 0 aliphatic carbocycles. The Morgan fingerprint density at radius 3 is 2.06 bits per heavy atom. The number of anilines is 2. The van der Waals surface area contributed by atoms with Gasteiger partial charge in [0.1, 0.15) is 11.7 Å². The summed E-state index contributed by atoms with van der Waals surface area (Å²) in [6.07, 6.45) is 2.08. The van der Waals surface area contributed by atoms with Crippen LogP contribution >= 0.6 is 0 Å². The van der Waals surface area contributed by atoms with Gasteiger partial charge in [-0.05, 0) is 48.7 Å². The van der Waals surface area contributed by atoms with Gasteiger partial charge in [-0.1, -0.05) is 12.1 Å². The Kier molecular flexibility index (Phi) is 5.35. The summed E-state index contributed by atoms with van der Waals surface area (Å²) in [5.41, 5.74) is 5.47. The van der Waals surface area contributed by atoms with E-state index >= 15 is 0 Å². The lowest BCUT2D eigenvalue weighted by Crippen LogP contribution is -2.24. The van der Waals surface area contributed by atoms with Crippen molar-refractivity contribution < 1.29 is 4.79 Å². The maximum Gasteiger partial charge on any atom is 0.323 e. The van der Waals surface area contributed by atoms with Gasteiger partial charge in [0.25, 0.3) is 0 Å². The van der Waals surface area contributed by atoms with Crippen LogP contribution in [0.1, 0.15) is 29.5 Å². The fourth-order valence-electron chi connectivity index (χ4n) is 4.00. The van der Waals surface area contributed by atoms with Crippen LogP contribution in [0.5, 0.6) is 0 Å². The SMILES string of the molecule is O=C(Nc1cccc(C2=NCCC2)c1)Nc1cc(C2=NCCN2)cc(C2=NCCN2)c1. The zero-order chi connectivity index (χ0) is 21.0. The Labute approximate surface area is 181 Å². The molecule has 0 spiro atoms. The lowest BCUT2D eigenvalue weighted by molar-refractivity contribution is 0.262. The molecule has 2 aromatic carbocycles. The van der Waals surface area contributed by atoms with Crippen molar-refractivity contribution in [2.24, 2.45) is 15.0 Å². The molecule has 2 aromatic rings. The molecule has 0 aromatic heterocycles. The molecule has 0 unspecified atom stereocenters. The number of carbonyl (C=O) groups is 1. The van der Waals surface area contributed by atoms with E-state index in [1.807, 2.05) is 42.5 Å². The molecular weight excluding hydrogens is 390 g/mol. The maximum absolute atomic E-state index is 12.7. The third-order valence-corrected chi connectivity index (χ3v) is 5.41. The van der Waals surface area contributed by atoms with Crippen LogP contribution in [0.15, 0.2) is 57.4 Å². The number of aliphatic imine (C=N–C) groups is 3. The lowest BCUT2D eigenvalue weighted by Gasteiger charge is -2.13. The summed E-state index contributed by atoms with van der Waals surface area (Å²) in [4.78, 5) is 26.3. The van der Waals surface area contributed by atoms with E-state index in [-0.39, 0.29) is 6.03 Å². The Hall–Kier alpha value is -3.68. The predicted molar refractivity (Wildman–Crippen MR) is 125 cm³/mol. The Morgan fingerprint density at radius 1 is 0.774 bits per heavy atom. The number of rotatable bonds is 5. The summed E-state index contributed by atoms with van der Waals surface area (Å²) in [6.45, 7) is 4.03. The van der Waals surface area contributed by atoms with Crippen LogP contribution in [0.4, 0.5) is 16.2 Å². The average molecular weight is 416 g/mol. The molecule has 8 heteroatoms. The van der Waals surface area contributed by atoms with Gasteiger partial charge in [0, 0.05) is 47.8 Å². The first kappa shape index (κ1) is 19.3. The molecule has 3 aliphatic heterocycles. The van der Waals surface area contributed by atoms with Gasteiger partial charge in [-0.2, -0.15) is 0 Å². The second-order valence-corrected chi connectivity index (χ2v) is 7.71. The molecule has 0 radical (unpaired) electrons. The number of nitrogens with one attached hydrogen (secondary N) is 4. The van der Waals surface area contributed by atoms with Crippen LogP contribution in [0, 0.1) is 0 Å². The topological polar surface area (TPSA) is 102 Å². The number of carbonyl (C=O) groups excluding carboxylic acids is 1. The number of urea groups is 1. The van der Waals surface area contributed by atoms with Crippen LogP contribution in [0.2, 0.25) is 0 Å². The molecule has 2 amide bonds. The van der Waals surface area contributed by atoms with Gasteiger partial charge in [0.15, 0.2) is 0 Å². The molecule has 3 heterocycles. The van der Waals surface area contributed by atoms with Crippen molar-refractivity contribution in [2.45, 2.75) is 12.8 Å². The van der Waals surface area contributed by atoms with Gasteiger partial charge in [-0.25, -0.2) is 4.79 Å². The van der Waals surface area contributed by atoms with Crippen molar-refractivity contribution in [1.82, 2.24) is 10.6 Å². The Balaban J connectivity index is 1.35. The highest BCUT2D eigenvalue weighted by Gasteiger charge is 2.16. The quantitative estimate of drug-likeness (QED) is 0.604. The van der Waals surface area contributed by atoms with Crippen LogP contribution < -0.4 is 21.3 Å². The van der Waals surface area contributed by atoms with E-state index in [1.54, 1.807) is 0 Å². The summed E-state index contributed by atoms with van der Waals surface area (Å²) in [7, 11) is 0. The Bertz CT molecular complexity index is 1060. The van der Waals surface area contributed by atoms with Crippen molar-refractivity contribution in [2.75, 3.05) is 43.4 Å². The first-order valence-electron chi connectivity index (χ1n) is 10.7. The van der Waals surface area contributed by atoms with E-state index in [0.29, 0.717) is 5.69 Å². The first-order valence-corrected chi connectivity index (χ1v) is 10.7. The third kappa shape index (κ3) is 4.42. The van der Waals surface area contributed by atoms with Crippen molar-refractivity contribution in [3.8, 4) is 0 Å². The summed E-state index contributed by atoms with van der Waals surface area (Å²) >= 11 is 0. The molecule has 0 saturated carbocycles. The molecule has 5 rings (SSSR count). The van der Waals surface area contributed by atoms with Crippen molar-refractivity contribution in [1.29, 1.82) is 0 Å². The molecule has 0 saturated heterocycles. The molecule has 8 nitrogen and oxygen atoms in total. The van der Waals surface area contributed by atoms with E-state index in [9.17, 15) is 4.79 Å². The van der Waals surface area contributed by atoms with Gasteiger partial charge in [-0.3, -0.25) is 15.0 Å². The van der Waals surface area contributed by atoms with E-state index < -0.39 is 0 Å². The number of hydrogen-bond donors (Lipinski definition) is 4. The number of nitrogens with zero attached hydrogens (tertiary/aromatic N) is 3. The molecular formula is C23H25N7O.